The number of hydrogen-bond acceptors (Lipinski definition) is 5. The number of benzene rings is 1. The Bertz CT molecular complexity index is 449. The lowest BCUT2D eigenvalue weighted by atomic mass is 10.1. The van der Waals surface area contributed by atoms with Crippen LogP contribution in [0.5, 0.6) is 11.5 Å². The number of nitrogens with zero attached hydrogens (tertiary/aromatic N) is 1. The first-order valence-electron chi connectivity index (χ1n) is 4.22. The van der Waals surface area contributed by atoms with Crippen molar-refractivity contribution >= 4 is 6.29 Å². The molecule has 1 N–H and O–H groups in total. The summed E-state index contributed by atoms with van der Waals surface area (Å²) in [7, 11) is 0. The normalized spacial score (nSPS) is 14.4. The Kier molecular flexibility index (Phi) is 2.27. The van der Waals surface area contributed by atoms with E-state index in [0.29, 0.717) is 23.3 Å². The highest BCUT2D eigenvalue weighted by Crippen LogP contribution is 2.37. The van der Waals surface area contributed by atoms with Gasteiger partial charge in [-0.25, -0.2) is 0 Å². The molecular formula is C10H7NO4. The van der Waals surface area contributed by atoms with Gasteiger partial charge in [-0.1, -0.05) is 0 Å². The molecule has 76 valence electrons. The zero-order chi connectivity index (χ0) is 10.8. The van der Waals surface area contributed by atoms with Crippen LogP contribution < -0.4 is 9.47 Å². The molecule has 0 saturated carbocycles. The molecular weight excluding hydrogens is 198 g/mol. The summed E-state index contributed by atoms with van der Waals surface area (Å²) in [6, 6.07) is 4.57. The van der Waals surface area contributed by atoms with Gasteiger partial charge >= 0.3 is 0 Å². The molecule has 0 aromatic heterocycles. The van der Waals surface area contributed by atoms with Crippen LogP contribution in [0, 0.1) is 11.3 Å². The molecule has 2 rings (SSSR count). The molecule has 1 aromatic carbocycles. The summed E-state index contributed by atoms with van der Waals surface area (Å²) in [5.74, 6) is 0.739. The first-order chi connectivity index (χ1) is 7.26. The van der Waals surface area contributed by atoms with Crippen LogP contribution in [0.3, 0.4) is 0 Å². The van der Waals surface area contributed by atoms with E-state index >= 15 is 0 Å². The second-order valence-corrected chi connectivity index (χ2v) is 2.99. The minimum atomic E-state index is -1.27. The van der Waals surface area contributed by atoms with E-state index in [9.17, 15) is 9.90 Å². The van der Waals surface area contributed by atoms with Gasteiger partial charge in [0.25, 0.3) is 0 Å². The maximum absolute atomic E-state index is 10.7. The standard InChI is InChI=1S/C10H7NO4/c11-3-8(13)6-1-7(4-12)10-9(2-6)14-5-15-10/h1-2,4,8,13H,5H2. The molecule has 15 heavy (non-hydrogen) atoms. The molecule has 5 heteroatoms. The Hall–Kier alpha value is -2.06. The SMILES string of the molecule is N#CC(O)c1cc(C=O)c2c(c1)OCO2. The molecule has 1 atom stereocenters. The number of carbonyl (C=O) groups is 1. The maximum atomic E-state index is 10.7. The van der Waals surface area contributed by atoms with Crippen LogP contribution in [0.15, 0.2) is 12.1 Å². The molecule has 0 aliphatic carbocycles. The summed E-state index contributed by atoms with van der Waals surface area (Å²) >= 11 is 0. The average molecular weight is 205 g/mol. The van der Waals surface area contributed by atoms with Gasteiger partial charge in [0.2, 0.25) is 6.79 Å². The van der Waals surface area contributed by atoms with Gasteiger partial charge in [-0.3, -0.25) is 4.79 Å². The van der Waals surface area contributed by atoms with Crippen LogP contribution in [0.25, 0.3) is 0 Å². The number of aldehydes is 1. The zero-order valence-electron chi connectivity index (χ0n) is 7.64. The molecule has 1 unspecified atom stereocenters. The summed E-state index contributed by atoms with van der Waals surface area (Å²) < 4.78 is 10.1. The van der Waals surface area contributed by atoms with Crippen LogP contribution in [0.4, 0.5) is 0 Å². The average Bonchev–Trinajstić information content (AvgIpc) is 2.74. The lowest BCUT2D eigenvalue weighted by Gasteiger charge is -2.05. The highest BCUT2D eigenvalue weighted by Gasteiger charge is 2.21. The van der Waals surface area contributed by atoms with Crippen molar-refractivity contribution in [2.75, 3.05) is 6.79 Å². The summed E-state index contributed by atoms with van der Waals surface area (Å²) in [6.07, 6.45) is -0.667. The third-order valence-electron chi connectivity index (χ3n) is 2.09. The number of aliphatic hydroxyl groups is 1. The number of hydrogen-bond donors (Lipinski definition) is 1. The van der Waals surface area contributed by atoms with E-state index in [1.807, 2.05) is 0 Å². The lowest BCUT2D eigenvalue weighted by molar-refractivity contribution is 0.111. The molecule has 1 aromatic rings. The van der Waals surface area contributed by atoms with Crippen molar-refractivity contribution in [3.05, 3.63) is 23.3 Å². The zero-order valence-corrected chi connectivity index (χ0v) is 7.64. The van der Waals surface area contributed by atoms with E-state index in [1.54, 1.807) is 6.07 Å². The highest BCUT2D eigenvalue weighted by atomic mass is 16.7. The molecule has 0 spiro atoms. The molecule has 0 radical (unpaired) electrons. The van der Waals surface area contributed by atoms with Gasteiger partial charge in [0.15, 0.2) is 23.9 Å². The lowest BCUT2D eigenvalue weighted by Crippen LogP contribution is -1.96. The summed E-state index contributed by atoms with van der Waals surface area (Å²) in [5.41, 5.74) is 0.596. The molecule has 1 aliphatic heterocycles. The van der Waals surface area contributed by atoms with E-state index in [0.717, 1.165) is 0 Å². The largest absolute Gasteiger partial charge is 0.454 e. The first kappa shape index (κ1) is 9.49. The van der Waals surface area contributed by atoms with E-state index in [4.69, 9.17) is 14.7 Å². The molecule has 1 heterocycles. The Morgan fingerprint density at radius 2 is 2.33 bits per heavy atom. The van der Waals surface area contributed by atoms with E-state index in [2.05, 4.69) is 0 Å². The number of aliphatic hydroxyl groups excluding tert-OH is 1. The Morgan fingerprint density at radius 3 is 3.00 bits per heavy atom. The minimum absolute atomic E-state index is 0.0439. The molecule has 0 bridgehead atoms. The summed E-state index contributed by atoms with van der Waals surface area (Å²) in [6.45, 7) is 0.0439. The predicted molar refractivity (Wildman–Crippen MR) is 48.5 cm³/mol. The number of rotatable bonds is 2. The maximum Gasteiger partial charge on any atom is 0.231 e. The van der Waals surface area contributed by atoms with Crippen LogP contribution in [0.2, 0.25) is 0 Å². The van der Waals surface area contributed by atoms with Crippen molar-refractivity contribution in [3.8, 4) is 17.6 Å². The van der Waals surface area contributed by atoms with Crippen LogP contribution in [-0.4, -0.2) is 18.2 Å². The predicted octanol–water partition coefficient (Wildman–Crippen LogP) is 0.785. The fourth-order valence-corrected chi connectivity index (χ4v) is 1.38. The van der Waals surface area contributed by atoms with Crippen molar-refractivity contribution in [1.29, 1.82) is 5.26 Å². The number of fused-ring (bicyclic) bond motifs is 1. The van der Waals surface area contributed by atoms with E-state index < -0.39 is 6.10 Å². The summed E-state index contributed by atoms with van der Waals surface area (Å²) in [4.78, 5) is 10.7. The van der Waals surface area contributed by atoms with Crippen molar-refractivity contribution in [2.45, 2.75) is 6.10 Å². The topological polar surface area (TPSA) is 79.5 Å². The number of carbonyl (C=O) groups excluding carboxylic acids is 1. The van der Waals surface area contributed by atoms with Gasteiger partial charge in [0, 0.05) is 0 Å². The van der Waals surface area contributed by atoms with Crippen LogP contribution in [-0.2, 0) is 0 Å². The fourth-order valence-electron chi connectivity index (χ4n) is 1.38. The van der Waals surface area contributed by atoms with Crippen molar-refractivity contribution < 1.29 is 19.4 Å². The highest BCUT2D eigenvalue weighted by molar-refractivity contribution is 5.82. The van der Waals surface area contributed by atoms with Gasteiger partial charge in [0.1, 0.15) is 0 Å². The molecule has 0 amide bonds. The van der Waals surface area contributed by atoms with Gasteiger partial charge in [0.05, 0.1) is 11.6 Å². The quantitative estimate of drug-likeness (QED) is 0.570. The fraction of sp³-hybridized carbons (Fsp3) is 0.200. The Labute approximate surface area is 85.5 Å². The smallest absolute Gasteiger partial charge is 0.231 e. The number of nitriles is 1. The summed E-state index contributed by atoms with van der Waals surface area (Å²) in [5, 5.41) is 17.8. The van der Waals surface area contributed by atoms with Gasteiger partial charge in [-0.2, -0.15) is 5.26 Å². The number of ether oxygens (including phenoxy) is 2. The first-order valence-corrected chi connectivity index (χ1v) is 4.22. The van der Waals surface area contributed by atoms with Gasteiger partial charge < -0.3 is 14.6 Å². The van der Waals surface area contributed by atoms with Crippen molar-refractivity contribution in [1.82, 2.24) is 0 Å². The Morgan fingerprint density at radius 1 is 1.53 bits per heavy atom. The second-order valence-electron chi connectivity index (χ2n) is 2.99. The molecule has 5 nitrogen and oxygen atoms in total. The van der Waals surface area contributed by atoms with Gasteiger partial charge in [-0.05, 0) is 17.7 Å². The van der Waals surface area contributed by atoms with Crippen molar-refractivity contribution in [2.24, 2.45) is 0 Å². The Balaban J connectivity index is 2.53. The van der Waals surface area contributed by atoms with Crippen molar-refractivity contribution in [3.63, 3.8) is 0 Å². The monoisotopic (exact) mass is 205 g/mol. The second kappa shape index (κ2) is 3.59. The molecule has 0 saturated heterocycles. The van der Waals surface area contributed by atoms with E-state index in [1.165, 1.54) is 12.1 Å². The molecule has 1 aliphatic rings. The van der Waals surface area contributed by atoms with E-state index in [-0.39, 0.29) is 12.4 Å². The van der Waals surface area contributed by atoms with Gasteiger partial charge in [-0.15, -0.1) is 0 Å². The van der Waals surface area contributed by atoms with Crippen LogP contribution in [0.1, 0.15) is 22.0 Å². The third-order valence-corrected chi connectivity index (χ3v) is 2.09. The minimum Gasteiger partial charge on any atom is -0.454 e. The third kappa shape index (κ3) is 1.51. The van der Waals surface area contributed by atoms with Crippen LogP contribution >= 0.6 is 0 Å². The molecule has 0 fully saturated rings.